The van der Waals surface area contributed by atoms with Crippen molar-refractivity contribution in [3.05, 3.63) is 63.9 Å². The van der Waals surface area contributed by atoms with Crippen molar-refractivity contribution in [2.24, 2.45) is 4.99 Å². The highest BCUT2D eigenvalue weighted by Gasteiger charge is 2.09. The molecular weight excluding hydrogens is 399 g/mol. The van der Waals surface area contributed by atoms with Crippen molar-refractivity contribution >= 4 is 21.9 Å². The molecule has 0 aliphatic carbocycles. The molecule has 0 bridgehead atoms. The Kier molecular flexibility index (Phi) is 7.42. The van der Waals surface area contributed by atoms with Crippen molar-refractivity contribution in [3.8, 4) is 11.8 Å². The van der Waals surface area contributed by atoms with Gasteiger partial charge in [-0.2, -0.15) is 5.26 Å². The lowest BCUT2D eigenvalue weighted by Crippen LogP contribution is -2.41. The Morgan fingerprint density at radius 1 is 1.31 bits per heavy atom. The van der Waals surface area contributed by atoms with Gasteiger partial charge in [0.1, 0.15) is 17.7 Å². The number of rotatable bonds is 6. The lowest BCUT2D eigenvalue weighted by atomic mass is 10.1. The number of ether oxygens (including phenoxy) is 1. The standard InChI is InChI=1S/C19H20BrFN4O/c1-13(26-18-6-4-3-5-16(18)20)11-24-19(23-2)25-12-15-9-14(10-22)7-8-17(15)21/h3-9,13H,11-12H2,1-2H3,(H2,23,24,25). The number of aliphatic imine (C=N–C) groups is 1. The number of guanidine groups is 1. The lowest BCUT2D eigenvalue weighted by Gasteiger charge is -2.18. The zero-order valence-corrected chi connectivity index (χ0v) is 16.2. The Bertz CT molecular complexity index is 819. The molecule has 2 rings (SSSR count). The summed E-state index contributed by atoms with van der Waals surface area (Å²) >= 11 is 3.45. The van der Waals surface area contributed by atoms with Gasteiger partial charge in [0.25, 0.3) is 0 Å². The molecule has 0 radical (unpaired) electrons. The Morgan fingerprint density at radius 3 is 2.77 bits per heavy atom. The minimum absolute atomic E-state index is 0.106. The number of nitriles is 1. The molecule has 1 unspecified atom stereocenters. The summed E-state index contributed by atoms with van der Waals surface area (Å²) in [6, 6.07) is 13.9. The molecule has 2 N–H and O–H groups in total. The van der Waals surface area contributed by atoms with Crippen LogP contribution in [0.3, 0.4) is 0 Å². The summed E-state index contributed by atoms with van der Waals surface area (Å²) in [4.78, 5) is 4.11. The predicted octanol–water partition coefficient (Wildman–Crippen LogP) is 3.59. The summed E-state index contributed by atoms with van der Waals surface area (Å²) < 4.78 is 20.6. The van der Waals surface area contributed by atoms with Gasteiger partial charge in [0, 0.05) is 19.2 Å². The van der Waals surface area contributed by atoms with Gasteiger partial charge >= 0.3 is 0 Å². The third kappa shape index (κ3) is 5.74. The highest BCUT2D eigenvalue weighted by molar-refractivity contribution is 9.10. The average Bonchev–Trinajstić information content (AvgIpc) is 2.65. The van der Waals surface area contributed by atoms with Crippen molar-refractivity contribution in [3.63, 3.8) is 0 Å². The zero-order chi connectivity index (χ0) is 18.9. The first-order valence-electron chi connectivity index (χ1n) is 8.07. The maximum absolute atomic E-state index is 13.8. The van der Waals surface area contributed by atoms with E-state index >= 15 is 0 Å². The first-order chi connectivity index (χ1) is 12.5. The van der Waals surface area contributed by atoms with Crippen molar-refractivity contribution in [1.29, 1.82) is 5.26 Å². The van der Waals surface area contributed by atoms with Gasteiger partial charge < -0.3 is 15.4 Å². The average molecular weight is 419 g/mol. The van der Waals surface area contributed by atoms with E-state index in [0.29, 0.717) is 23.6 Å². The van der Waals surface area contributed by atoms with Crippen LogP contribution in [0.5, 0.6) is 5.75 Å². The molecule has 136 valence electrons. The van der Waals surface area contributed by atoms with Crippen LogP contribution in [0.25, 0.3) is 0 Å². The Hall–Kier alpha value is -2.59. The quantitative estimate of drug-likeness (QED) is 0.555. The lowest BCUT2D eigenvalue weighted by molar-refractivity contribution is 0.222. The van der Waals surface area contributed by atoms with Gasteiger partial charge in [0.15, 0.2) is 5.96 Å². The number of para-hydroxylation sites is 1. The van der Waals surface area contributed by atoms with E-state index in [4.69, 9.17) is 10.00 Å². The van der Waals surface area contributed by atoms with E-state index in [-0.39, 0.29) is 18.5 Å². The van der Waals surface area contributed by atoms with Gasteiger partial charge in [-0.05, 0) is 53.2 Å². The predicted molar refractivity (Wildman–Crippen MR) is 104 cm³/mol. The molecule has 7 heteroatoms. The van der Waals surface area contributed by atoms with Crippen molar-refractivity contribution in [2.45, 2.75) is 19.6 Å². The largest absolute Gasteiger partial charge is 0.488 e. The zero-order valence-electron chi connectivity index (χ0n) is 14.6. The highest BCUT2D eigenvalue weighted by Crippen LogP contribution is 2.24. The van der Waals surface area contributed by atoms with E-state index in [1.807, 2.05) is 37.3 Å². The first-order valence-corrected chi connectivity index (χ1v) is 8.87. The van der Waals surface area contributed by atoms with E-state index in [2.05, 4.69) is 31.6 Å². The van der Waals surface area contributed by atoms with Crippen LogP contribution < -0.4 is 15.4 Å². The minimum Gasteiger partial charge on any atom is -0.488 e. The Morgan fingerprint density at radius 2 is 2.08 bits per heavy atom. The van der Waals surface area contributed by atoms with Gasteiger partial charge in [0.05, 0.1) is 22.7 Å². The summed E-state index contributed by atoms with van der Waals surface area (Å²) in [6.45, 7) is 2.68. The first kappa shape index (κ1) is 19.7. The third-order valence-electron chi connectivity index (χ3n) is 3.57. The molecule has 0 saturated carbocycles. The minimum atomic E-state index is -0.363. The molecule has 0 saturated heterocycles. The third-order valence-corrected chi connectivity index (χ3v) is 4.22. The van der Waals surface area contributed by atoms with Gasteiger partial charge in [-0.3, -0.25) is 4.99 Å². The fourth-order valence-electron chi connectivity index (χ4n) is 2.22. The van der Waals surface area contributed by atoms with Crippen LogP contribution >= 0.6 is 15.9 Å². The molecule has 0 aliphatic rings. The number of benzene rings is 2. The molecule has 5 nitrogen and oxygen atoms in total. The van der Waals surface area contributed by atoms with Crippen LogP contribution in [0.1, 0.15) is 18.1 Å². The van der Waals surface area contributed by atoms with E-state index < -0.39 is 0 Å². The number of hydrogen-bond donors (Lipinski definition) is 2. The highest BCUT2D eigenvalue weighted by atomic mass is 79.9. The van der Waals surface area contributed by atoms with Crippen LogP contribution in [0.2, 0.25) is 0 Å². The summed E-state index contributed by atoms with van der Waals surface area (Å²) in [5.74, 6) is 0.923. The number of nitrogens with zero attached hydrogens (tertiary/aromatic N) is 2. The van der Waals surface area contributed by atoms with Crippen molar-refractivity contribution in [1.82, 2.24) is 10.6 Å². The van der Waals surface area contributed by atoms with Crippen LogP contribution in [0, 0.1) is 17.1 Å². The van der Waals surface area contributed by atoms with Crippen molar-refractivity contribution < 1.29 is 9.13 Å². The van der Waals surface area contributed by atoms with Crippen LogP contribution in [-0.2, 0) is 6.54 Å². The molecule has 0 spiro atoms. The van der Waals surface area contributed by atoms with Crippen LogP contribution in [-0.4, -0.2) is 25.7 Å². The van der Waals surface area contributed by atoms with E-state index in [0.717, 1.165) is 10.2 Å². The summed E-state index contributed by atoms with van der Waals surface area (Å²) in [5, 5.41) is 15.1. The van der Waals surface area contributed by atoms with Gasteiger partial charge in [-0.1, -0.05) is 12.1 Å². The number of nitrogens with one attached hydrogen (secondary N) is 2. The van der Waals surface area contributed by atoms with E-state index in [1.54, 1.807) is 7.05 Å². The number of halogens is 2. The SMILES string of the molecule is CN=C(NCc1cc(C#N)ccc1F)NCC(C)Oc1ccccc1Br. The molecule has 26 heavy (non-hydrogen) atoms. The summed E-state index contributed by atoms with van der Waals surface area (Å²) in [6.07, 6.45) is -0.106. The normalized spacial score (nSPS) is 12.2. The Balaban J connectivity index is 1.86. The maximum Gasteiger partial charge on any atom is 0.191 e. The molecule has 0 heterocycles. The monoisotopic (exact) mass is 418 g/mol. The molecule has 0 amide bonds. The molecule has 2 aromatic rings. The smallest absolute Gasteiger partial charge is 0.191 e. The van der Waals surface area contributed by atoms with Gasteiger partial charge in [-0.25, -0.2) is 4.39 Å². The fraction of sp³-hybridized carbons (Fsp3) is 0.263. The molecular formula is C19H20BrFN4O. The number of hydrogen-bond acceptors (Lipinski definition) is 3. The maximum atomic E-state index is 13.8. The molecule has 0 aliphatic heterocycles. The Labute approximate surface area is 161 Å². The van der Waals surface area contributed by atoms with E-state index in [9.17, 15) is 4.39 Å². The molecule has 2 aromatic carbocycles. The second-order valence-electron chi connectivity index (χ2n) is 5.58. The molecule has 0 fully saturated rings. The second kappa shape index (κ2) is 9.78. The molecule has 0 aromatic heterocycles. The van der Waals surface area contributed by atoms with Gasteiger partial charge in [-0.15, -0.1) is 0 Å². The fourth-order valence-corrected chi connectivity index (χ4v) is 2.60. The van der Waals surface area contributed by atoms with Crippen LogP contribution in [0.4, 0.5) is 4.39 Å². The summed E-state index contributed by atoms with van der Waals surface area (Å²) in [5.41, 5.74) is 0.825. The summed E-state index contributed by atoms with van der Waals surface area (Å²) in [7, 11) is 1.64. The van der Waals surface area contributed by atoms with Gasteiger partial charge in [0.2, 0.25) is 0 Å². The topological polar surface area (TPSA) is 69.4 Å². The molecule has 1 atom stereocenters. The van der Waals surface area contributed by atoms with Crippen LogP contribution in [0.15, 0.2) is 51.9 Å². The second-order valence-corrected chi connectivity index (χ2v) is 6.44. The van der Waals surface area contributed by atoms with E-state index in [1.165, 1.54) is 18.2 Å². The van der Waals surface area contributed by atoms with Crippen molar-refractivity contribution in [2.75, 3.05) is 13.6 Å².